The molecule has 6 heteroatoms. The smallest absolute Gasteiger partial charge is 0.193 e. The van der Waals surface area contributed by atoms with Gasteiger partial charge in [-0.15, -0.1) is 0 Å². The predicted molar refractivity (Wildman–Crippen MR) is 114 cm³/mol. The Morgan fingerprint density at radius 1 is 1.04 bits per heavy atom. The van der Waals surface area contributed by atoms with E-state index in [2.05, 4.69) is 16.4 Å². The molecule has 0 unspecified atom stereocenters. The van der Waals surface area contributed by atoms with Crippen LogP contribution in [0.2, 0.25) is 0 Å². The first-order chi connectivity index (χ1) is 13.6. The molecular formula is C22H31N3O3. The molecule has 3 N–H and O–H groups in total. The van der Waals surface area contributed by atoms with E-state index < -0.39 is 0 Å². The van der Waals surface area contributed by atoms with E-state index in [1.54, 1.807) is 0 Å². The van der Waals surface area contributed by atoms with Gasteiger partial charge in [-0.2, -0.15) is 0 Å². The molecule has 0 aromatic heterocycles. The topological polar surface area (TPSA) is 78.1 Å². The summed E-state index contributed by atoms with van der Waals surface area (Å²) in [6, 6.07) is 15.8. The van der Waals surface area contributed by atoms with Crippen molar-refractivity contribution in [2.45, 2.75) is 40.0 Å². The monoisotopic (exact) mass is 385 g/mol. The highest BCUT2D eigenvalue weighted by Gasteiger charge is 2.00. The number of aliphatic imine (C=N–C) groups is 1. The molecule has 2 rings (SSSR count). The zero-order valence-corrected chi connectivity index (χ0v) is 17.0. The third kappa shape index (κ3) is 8.41. The Morgan fingerprint density at radius 2 is 1.75 bits per heavy atom. The molecule has 0 fully saturated rings. The highest BCUT2D eigenvalue weighted by Crippen LogP contribution is 2.16. The van der Waals surface area contributed by atoms with E-state index >= 15 is 0 Å². The highest BCUT2D eigenvalue weighted by molar-refractivity contribution is 5.92. The summed E-state index contributed by atoms with van der Waals surface area (Å²) in [4.78, 5) is 4.41. The molecule has 0 saturated carbocycles. The highest BCUT2D eigenvalue weighted by atomic mass is 16.5. The second-order valence-electron chi connectivity index (χ2n) is 6.59. The van der Waals surface area contributed by atoms with Gasteiger partial charge in [-0.05, 0) is 56.2 Å². The summed E-state index contributed by atoms with van der Waals surface area (Å²) in [5, 5.41) is 3.09. The molecule has 28 heavy (non-hydrogen) atoms. The number of nitrogens with zero attached hydrogens (tertiary/aromatic N) is 1. The average molecular weight is 386 g/mol. The van der Waals surface area contributed by atoms with Crippen LogP contribution in [0.4, 0.5) is 5.69 Å². The van der Waals surface area contributed by atoms with E-state index in [9.17, 15) is 0 Å². The molecule has 0 heterocycles. The van der Waals surface area contributed by atoms with Gasteiger partial charge in [-0.3, -0.25) is 0 Å². The van der Waals surface area contributed by atoms with Gasteiger partial charge in [0.1, 0.15) is 5.75 Å². The van der Waals surface area contributed by atoms with Crippen LogP contribution < -0.4 is 15.8 Å². The molecule has 0 aliphatic heterocycles. The number of hydrogen-bond acceptors (Lipinski definition) is 4. The molecular weight excluding hydrogens is 354 g/mol. The summed E-state index contributed by atoms with van der Waals surface area (Å²) >= 11 is 0. The van der Waals surface area contributed by atoms with Crippen molar-refractivity contribution in [2.24, 2.45) is 10.7 Å². The Morgan fingerprint density at radius 3 is 2.46 bits per heavy atom. The molecule has 0 aliphatic rings. The molecule has 2 aromatic rings. The Labute approximate surface area is 167 Å². The van der Waals surface area contributed by atoms with Crippen LogP contribution in [-0.2, 0) is 22.6 Å². The fraction of sp³-hybridized carbons (Fsp3) is 0.409. The van der Waals surface area contributed by atoms with Crippen LogP contribution in [0.25, 0.3) is 0 Å². The van der Waals surface area contributed by atoms with Gasteiger partial charge >= 0.3 is 0 Å². The third-order valence-corrected chi connectivity index (χ3v) is 3.77. The summed E-state index contributed by atoms with van der Waals surface area (Å²) in [5.74, 6) is 1.20. The second-order valence-corrected chi connectivity index (χ2v) is 6.59. The minimum Gasteiger partial charge on any atom is -0.491 e. The van der Waals surface area contributed by atoms with Crippen LogP contribution in [0, 0.1) is 0 Å². The van der Waals surface area contributed by atoms with E-state index in [0.717, 1.165) is 22.6 Å². The molecule has 0 amide bonds. The summed E-state index contributed by atoms with van der Waals surface area (Å²) < 4.78 is 16.5. The number of benzene rings is 2. The van der Waals surface area contributed by atoms with Crippen LogP contribution in [0.1, 0.15) is 31.9 Å². The lowest BCUT2D eigenvalue weighted by Gasteiger charge is -2.11. The van der Waals surface area contributed by atoms with E-state index in [1.165, 1.54) is 0 Å². The van der Waals surface area contributed by atoms with Crippen LogP contribution in [-0.4, -0.2) is 31.9 Å². The van der Waals surface area contributed by atoms with Crippen molar-refractivity contribution in [1.82, 2.24) is 0 Å². The molecule has 0 aliphatic carbocycles. The van der Waals surface area contributed by atoms with Crippen molar-refractivity contribution in [3.8, 4) is 5.75 Å². The van der Waals surface area contributed by atoms with Gasteiger partial charge in [-0.1, -0.05) is 24.3 Å². The average Bonchev–Trinajstić information content (AvgIpc) is 2.68. The summed E-state index contributed by atoms with van der Waals surface area (Å²) in [6.45, 7) is 8.95. The van der Waals surface area contributed by atoms with E-state index in [4.69, 9.17) is 19.9 Å². The first kappa shape index (κ1) is 21.7. The van der Waals surface area contributed by atoms with Gasteiger partial charge < -0.3 is 25.3 Å². The first-order valence-corrected chi connectivity index (χ1v) is 9.63. The molecule has 0 atom stereocenters. The summed E-state index contributed by atoms with van der Waals surface area (Å²) in [7, 11) is 0. The Hall–Kier alpha value is -2.57. The lowest BCUT2D eigenvalue weighted by molar-refractivity contribution is 0.0453. The number of rotatable bonds is 11. The number of nitrogens with one attached hydrogen (secondary N) is 1. The van der Waals surface area contributed by atoms with Gasteiger partial charge in [0.2, 0.25) is 0 Å². The number of ether oxygens (including phenoxy) is 3. The molecule has 152 valence electrons. The van der Waals surface area contributed by atoms with E-state index in [-0.39, 0.29) is 6.10 Å². The maximum atomic E-state index is 6.01. The maximum Gasteiger partial charge on any atom is 0.193 e. The molecule has 6 nitrogen and oxygen atoms in total. The van der Waals surface area contributed by atoms with Gasteiger partial charge in [0.05, 0.1) is 32.5 Å². The largest absolute Gasteiger partial charge is 0.491 e. The normalized spacial score (nSPS) is 11.6. The number of guanidine groups is 1. The van der Waals surface area contributed by atoms with Crippen LogP contribution in [0.5, 0.6) is 5.75 Å². The van der Waals surface area contributed by atoms with Crippen molar-refractivity contribution in [1.29, 1.82) is 0 Å². The van der Waals surface area contributed by atoms with E-state index in [1.807, 2.05) is 63.2 Å². The van der Waals surface area contributed by atoms with Crippen molar-refractivity contribution in [3.05, 3.63) is 59.7 Å². The molecule has 0 radical (unpaired) electrons. The summed E-state index contributed by atoms with van der Waals surface area (Å²) in [5.41, 5.74) is 9.06. The predicted octanol–water partition coefficient (Wildman–Crippen LogP) is 3.95. The third-order valence-electron chi connectivity index (χ3n) is 3.77. The van der Waals surface area contributed by atoms with E-state index in [0.29, 0.717) is 38.9 Å². The SMILES string of the molecule is CCOCCOCc1cccc(CN=C(N)Nc2ccc(OC(C)C)cc2)c1. The maximum absolute atomic E-state index is 6.01. The van der Waals surface area contributed by atoms with Crippen molar-refractivity contribution in [3.63, 3.8) is 0 Å². The van der Waals surface area contributed by atoms with Crippen LogP contribution in [0.3, 0.4) is 0 Å². The Kier molecular flexibility index (Phi) is 9.31. The Bertz CT molecular complexity index is 730. The Balaban J connectivity index is 1.82. The minimum absolute atomic E-state index is 0.149. The summed E-state index contributed by atoms with van der Waals surface area (Å²) in [6.07, 6.45) is 0.149. The zero-order chi connectivity index (χ0) is 20.2. The van der Waals surface area contributed by atoms with Crippen molar-refractivity contribution in [2.75, 3.05) is 25.1 Å². The first-order valence-electron chi connectivity index (χ1n) is 9.63. The van der Waals surface area contributed by atoms with Crippen molar-refractivity contribution < 1.29 is 14.2 Å². The molecule has 0 saturated heterocycles. The van der Waals surface area contributed by atoms with Gasteiger partial charge in [0.25, 0.3) is 0 Å². The van der Waals surface area contributed by atoms with Crippen molar-refractivity contribution >= 4 is 11.6 Å². The zero-order valence-electron chi connectivity index (χ0n) is 17.0. The minimum atomic E-state index is 0.149. The fourth-order valence-electron chi connectivity index (χ4n) is 2.52. The number of anilines is 1. The molecule has 2 aromatic carbocycles. The number of hydrogen-bond donors (Lipinski definition) is 2. The van der Waals surface area contributed by atoms with Crippen LogP contribution in [0.15, 0.2) is 53.5 Å². The lowest BCUT2D eigenvalue weighted by atomic mass is 10.1. The second kappa shape index (κ2) is 12.0. The molecule has 0 spiro atoms. The lowest BCUT2D eigenvalue weighted by Crippen LogP contribution is -2.22. The van der Waals surface area contributed by atoms with Gasteiger partial charge in [-0.25, -0.2) is 4.99 Å². The van der Waals surface area contributed by atoms with Crippen LogP contribution >= 0.6 is 0 Å². The standard InChI is InChI=1S/C22H31N3O3/c1-4-26-12-13-27-16-19-7-5-6-18(14-19)15-24-22(23)25-20-8-10-21(11-9-20)28-17(2)3/h5-11,14,17H,4,12-13,15-16H2,1-3H3,(H3,23,24,25). The fourth-order valence-corrected chi connectivity index (χ4v) is 2.52. The quantitative estimate of drug-likeness (QED) is 0.348. The van der Waals surface area contributed by atoms with Gasteiger partial charge in [0.15, 0.2) is 5.96 Å². The molecule has 0 bridgehead atoms. The van der Waals surface area contributed by atoms with Gasteiger partial charge in [0, 0.05) is 12.3 Å². The number of nitrogens with two attached hydrogens (primary N) is 1.